The monoisotopic (exact) mass is 486 g/mol. The Balaban J connectivity index is 1.98. The van der Waals surface area contributed by atoms with Crippen molar-refractivity contribution in [2.75, 3.05) is 7.11 Å². The predicted molar refractivity (Wildman–Crippen MR) is 108 cm³/mol. The maximum Gasteiger partial charge on any atom is 0.238 e. The van der Waals surface area contributed by atoms with Gasteiger partial charge in [-0.1, -0.05) is 24.3 Å². The van der Waals surface area contributed by atoms with E-state index >= 15 is 0 Å². The molecule has 2 aromatic rings. The zero-order valence-electron chi connectivity index (χ0n) is 14.4. The van der Waals surface area contributed by atoms with Gasteiger partial charge in [-0.3, -0.25) is 19.2 Å². The van der Waals surface area contributed by atoms with E-state index in [1.165, 1.54) is 37.4 Å². The zero-order chi connectivity index (χ0) is 20.2. The topological polar surface area (TPSA) is 97.7 Å². The molecule has 0 saturated heterocycles. The fourth-order valence-corrected chi connectivity index (χ4v) is 4.13. The van der Waals surface area contributed by atoms with Crippen LogP contribution in [0.3, 0.4) is 0 Å². The summed E-state index contributed by atoms with van der Waals surface area (Å²) in [6, 6.07) is 10.5. The molecule has 6 nitrogen and oxygen atoms in total. The molecule has 2 aliphatic carbocycles. The van der Waals surface area contributed by atoms with Crippen LogP contribution in [-0.2, 0) is 4.79 Å². The second kappa shape index (κ2) is 6.52. The Kier molecular flexibility index (Phi) is 4.26. The van der Waals surface area contributed by atoms with Crippen LogP contribution < -0.4 is 4.74 Å². The van der Waals surface area contributed by atoms with Crippen molar-refractivity contribution < 1.29 is 29.0 Å². The van der Waals surface area contributed by atoms with Crippen LogP contribution in [0.5, 0.6) is 5.75 Å². The molecule has 2 aromatic carbocycles. The summed E-state index contributed by atoms with van der Waals surface area (Å²) in [5.41, 5.74) is -0.251. The summed E-state index contributed by atoms with van der Waals surface area (Å²) >= 11 is 1.67. The van der Waals surface area contributed by atoms with E-state index < -0.39 is 34.5 Å². The van der Waals surface area contributed by atoms with Crippen LogP contribution in [0, 0.1) is 0 Å². The molecule has 0 saturated carbocycles. The number of ketones is 4. The number of ether oxygens (including phenoxy) is 1. The minimum atomic E-state index is -1.02. The molecular weight excluding hydrogens is 475 g/mol. The Morgan fingerprint density at radius 1 is 0.750 bits per heavy atom. The third-order valence-corrected chi connectivity index (χ3v) is 5.74. The van der Waals surface area contributed by atoms with Crippen molar-refractivity contribution in [1.29, 1.82) is 0 Å². The second-order valence-corrected chi connectivity index (χ2v) is 7.26. The van der Waals surface area contributed by atoms with Crippen molar-refractivity contribution in [2.45, 2.75) is 0 Å². The number of fused-ring (bicyclic) bond motifs is 2. The van der Waals surface area contributed by atoms with E-state index in [1.54, 1.807) is 34.7 Å². The molecule has 0 aliphatic heterocycles. The first-order valence-corrected chi connectivity index (χ1v) is 9.24. The first-order chi connectivity index (χ1) is 13.4. The quantitative estimate of drug-likeness (QED) is 0.516. The molecule has 0 heterocycles. The van der Waals surface area contributed by atoms with Crippen molar-refractivity contribution >= 4 is 51.5 Å². The molecule has 2 aliphatic rings. The molecule has 0 atom stereocenters. The van der Waals surface area contributed by atoms with Crippen LogP contribution >= 0.6 is 22.6 Å². The summed E-state index contributed by atoms with van der Waals surface area (Å²) in [4.78, 5) is 51.2. The third-order valence-electron chi connectivity index (χ3n) is 4.71. The second-order valence-electron chi connectivity index (χ2n) is 6.19. The van der Waals surface area contributed by atoms with E-state index in [2.05, 4.69) is 0 Å². The average Bonchev–Trinajstić information content (AvgIpc) is 2.72. The van der Waals surface area contributed by atoms with Crippen molar-refractivity contribution in [3.63, 3.8) is 0 Å². The van der Waals surface area contributed by atoms with Gasteiger partial charge in [-0.2, -0.15) is 0 Å². The lowest BCUT2D eigenvalue weighted by atomic mass is 9.79. The number of carbonyl (C=O) groups excluding carboxylic acids is 4. The lowest BCUT2D eigenvalue weighted by Gasteiger charge is -2.23. The van der Waals surface area contributed by atoms with E-state index in [1.807, 2.05) is 0 Å². The van der Waals surface area contributed by atoms with Crippen molar-refractivity contribution in [3.05, 3.63) is 79.4 Å². The van der Waals surface area contributed by atoms with Gasteiger partial charge in [0, 0.05) is 22.3 Å². The summed E-state index contributed by atoms with van der Waals surface area (Å²) in [6.07, 6.45) is 0. The number of benzene rings is 2. The molecular formula is C21H11IO6. The van der Waals surface area contributed by atoms with Gasteiger partial charge in [-0.15, -0.1) is 0 Å². The van der Waals surface area contributed by atoms with Gasteiger partial charge in [0.15, 0.2) is 5.78 Å². The molecule has 4 rings (SSSR count). The Hall–Kier alpha value is -3.07. The Morgan fingerprint density at radius 3 is 2.07 bits per heavy atom. The lowest BCUT2D eigenvalue weighted by molar-refractivity contribution is -0.111. The molecule has 0 bridgehead atoms. The molecule has 1 N–H and O–H groups in total. The molecule has 0 amide bonds. The number of methoxy groups -OCH3 is 1. The van der Waals surface area contributed by atoms with E-state index in [4.69, 9.17) is 4.74 Å². The van der Waals surface area contributed by atoms with Gasteiger partial charge in [-0.25, -0.2) is 0 Å². The number of rotatable bonds is 2. The van der Waals surface area contributed by atoms with Crippen LogP contribution in [0.25, 0.3) is 5.76 Å². The maximum absolute atomic E-state index is 13.1. The van der Waals surface area contributed by atoms with Gasteiger partial charge in [0.2, 0.25) is 17.3 Å². The standard InChI is InChI=1S/C21H11IO6/c1-28-9-6-7-12-13(8-9)19(25)16(22)14(17(12)23)15-18(24)10-4-2-3-5-11(10)20(26)21(15)27/h2-8,24H,1H3. The molecule has 0 aromatic heterocycles. The molecule has 0 unspecified atom stereocenters. The fourth-order valence-electron chi connectivity index (χ4n) is 3.32. The largest absolute Gasteiger partial charge is 0.506 e. The highest BCUT2D eigenvalue weighted by Crippen LogP contribution is 2.40. The van der Waals surface area contributed by atoms with Crippen LogP contribution in [0.4, 0.5) is 0 Å². The van der Waals surface area contributed by atoms with Crippen LogP contribution in [0.15, 0.2) is 57.2 Å². The van der Waals surface area contributed by atoms with Crippen molar-refractivity contribution in [1.82, 2.24) is 0 Å². The summed E-state index contributed by atoms with van der Waals surface area (Å²) in [6.45, 7) is 0. The summed E-state index contributed by atoms with van der Waals surface area (Å²) in [5, 5.41) is 10.7. The Bertz CT molecular complexity index is 1190. The summed E-state index contributed by atoms with van der Waals surface area (Å²) in [5.74, 6) is -3.01. The molecule has 0 spiro atoms. The van der Waals surface area contributed by atoms with Gasteiger partial charge in [0.1, 0.15) is 11.5 Å². The number of halogens is 1. The highest BCUT2D eigenvalue weighted by atomic mass is 127. The van der Waals surface area contributed by atoms with Gasteiger partial charge >= 0.3 is 0 Å². The first-order valence-electron chi connectivity index (χ1n) is 8.16. The third kappa shape index (κ3) is 2.46. The highest BCUT2D eigenvalue weighted by Gasteiger charge is 2.41. The fraction of sp³-hybridized carbons (Fsp3) is 0.0476. The Labute approximate surface area is 172 Å². The van der Waals surface area contributed by atoms with Crippen LogP contribution in [0.2, 0.25) is 0 Å². The van der Waals surface area contributed by atoms with E-state index in [0.717, 1.165) is 0 Å². The summed E-state index contributed by atoms with van der Waals surface area (Å²) in [7, 11) is 1.44. The van der Waals surface area contributed by atoms with Gasteiger partial charge < -0.3 is 9.84 Å². The first kappa shape index (κ1) is 18.3. The van der Waals surface area contributed by atoms with Crippen molar-refractivity contribution in [3.8, 4) is 5.75 Å². The molecule has 0 fully saturated rings. The van der Waals surface area contributed by atoms with Crippen LogP contribution in [0.1, 0.15) is 36.6 Å². The average molecular weight is 486 g/mol. The molecule has 138 valence electrons. The van der Waals surface area contributed by atoms with E-state index in [-0.39, 0.29) is 31.4 Å². The lowest BCUT2D eigenvalue weighted by Crippen LogP contribution is -2.30. The number of allylic oxidation sites excluding steroid dienone is 3. The van der Waals surface area contributed by atoms with Gasteiger partial charge in [0.25, 0.3) is 0 Å². The number of aliphatic hydroxyl groups is 1. The van der Waals surface area contributed by atoms with Crippen molar-refractivity contribution in [2.24, 2.45) is 0 Å². The maximum atomic E-state index is 13.1. The molecule has 7 heteroatoms. The zero-order valence-corrected chi connectivity index (χ0v) is 16.6. The SMILES string of the molecule is COc1ccc2c(c1)C(=O)C(I)=C(C1=C(O)c3ccccc3C(=O)C1=O)C2=O. The van der Waals surface area contributed by atoms with E-state index in [9.17, 15) is 24.3 Å². The minimum Gasteiger partial charge on any atom is -0.506 e. The highest BCUT2D eigenvalue weighted by molar-refractivity contribution is 14.1. The number of hydrogen-bond acceptors (Lipinski definition) is 6. The van der Waals surface area contributed by atoms with E-state index in [0.29, 0.717) is 5.75 Å². The van der Waals surface area contributed by atoms with Crippen LogP contribution in [-0.4, -0.2) is 35.3 Å². The smallest absolute Gasteiger partial charge is 0.238 e. The summed E-state index contributed by atoms with van der Waals surface area (Å²) < 4.78 is 5.06. The number of Topliss-reactive ketones (excluding diaryl/α,β-unsaturated/α-hetero) is 4. The number of aliphatic hydroxyl groups excluding tert-OH is 1. The number of carbonyl (C=O) groups is 4. The predicted octanol–water partition coefficient (Wildman–Crippen LogP) is 3.50. The van der Waals surface area contributed by atoms with Gasteiger partial charge in [-0.05, 0) is 40.8 Å². The molecule has 0 radical (unpaired) electrons. The minimum absolute atomic E-state index is 0.0366. The number of hydrogen-bond donors (Lipinski definition) is 1. The van der Waals surface area contributed by atoms with Gasteiger partial charge in [0.05, 0.1) is 21.8 Å². The Morgan fingerprint density at radius 2 is 1.39 bits per heavy atom. The normalized spacial score (nSPS) is 16.4. The molecule has 28 heavy (non-hydrogen) atoms.